The number of alkyl halides is 3. The van der Waals surface area contributed by atoms with Crippen molar-refractivity contribution in [3.05, 3.63) is 86.9 Å². The first-order chi connectivity index (χ1) is 39.6. The Morgan fingerprint density at radius 2 is 1.22 bits per heavy atom. The minimum Gasteiger partial charge on any atom is -0.479 e. The van der Waals surface area contributed by atoms with Crippen LogP contribution in [0.1, 0.15) is 203 Å². The van der Waals surface area contributed by atoms with E-state index >= 15 is 0 Å². The number of carbonyl (C=O) groups is 2. The number of hydrogen-bond donors (Lipinski definition) is 6. The first-order valence-electron chi connectivity index (χ1n) is 28.2. The zero-order valence-corrected chi connectivity index (χ0v) is 53.6. The lowest BCUT2D eigenvalue weighted by Gasteiger charge is -2.11. The Balaban J connectivity index is 0.000000479. The molecule has 1 unspecified atom stereocenters. The van der Waals surface area contributed by atoms with Gasteiger partial charge in [-0.2, -0.15) is 33.6 Å². The van der Waals surface area contributed by atoms with Gasteiger partial charge in [0.15, 0.2) is 11.7 Å². The Hall–Kier alpha value is -7.76. The van der Waals surface area contributed by atoms with Crippen molar-refractivity contribution in [1.82, 2.24) is 50.9 Å². The van der Waals surface area contributed by atoms with E-state index in [4.69, 9.17) is 14.5 Å². The molecule has 4 aromatic rings. The quantitative estimate of drug-likeness (QED) is 0.0852. The second-order valence-corrected chi connectivity index (χ2v) is 22.7. The molecule has 9 heterocycles. The highest BCUT2D eigenvalue weighted by Crippen LogP contribution is 2.28. The van der Waals surface area contributed by atoms with Crippen LogP contribution in [0.2, 0.25) is 0 Å². The maximum Gasteiger partial charge on any atom is 0.438 e. The molecule has 23 nitrogen and oxygen atoms in total. The van der Waals surface area contributed by atoms with Crippen LogP contribution in [0.25, 0.3) is 0 Å². The van der Waals surface area contributed by atoms with E-state index in [0.29, 0.717) is 77.9 Å². The lowest BCUT2D eigenvalue weighted by atomic mass is 9.99. The maximum atomic E-state index is 12.0. The summed E-state index contributed by atoms with van der Waals surface area (Å²) < 4.78 is 50.2. The second kappa shape index (κ2) is 38.2. The van der Waals surface area contributed by atoms with Gasteiger partial charge in [0.25, 0.3) is 0 Å². The van der Waals surface area contributed by atoms with Gasteiger partial charge in [-0.15, -0.1) is 0 Å². The van der Waals surface area contributed by atoms with Crippen LogP contribution in [-0.4, -0.2) is 113 Å². The van der Waals surface area contributed by atoms with E-state index in [0.717, 1.165) is 54.9 Å². The number of amidine groups is 2. The average molecular weight is 1210 g/mol. The van der Waals surface area contributed by atoms with Crippen molar-refractivity contribution >= 4 is 59.2 Å². The van der Waals surface area contributed by atoms with Gasteiger partial charge < -0.3 is 29.9 Å². The number of nitrogens with zero attached hydrogens (tertiary/aromatic N) is 11. The minimum absolute atomic E-state index is 0.0127. The van der Waals surface area contributed by atoms with Crippen molar-refractivity contribution in [3.8, 4) is 6.07 Å². The Labute approximate surface area is 502 Å². The molecule has 0 bridgehead atoms. The normalized spacial score (nSPS) is 15.5. The van der Waals surface area contributed by atoms with Crippen LogP contribution >= 0.6 is 12.2 Å². The topological polar surface area (TPSA) is 323 Å². The number of nitriles is 1. The summed E-state index contributed by atoms with van der Waals surface area (Å²) in [6.45, 7) is 43.6. The third-order valence-electron chi connectivity index (χ3n) is 11.3. The average Bonchev–Trinajstić information content (AvgIpc) is 4.49. The molecule has 5 aliphatic rings. The molecule has 0 radical (unpaired) electrons. The summed E-state index contributed by atoms with van der Waals surface area (Å²) in [5.74, 6) is 7.92. The molecular formula is C58H90F3N17O6S. The Bertz CT molecular complexity index is 2960. The summed E-state index contributed by atoms with van der Waals surface area (Å²) in [6, 6.07) is 2.36. The zero-order valence-electron chi connectivity index (χ0n) is 52.8. The highest BCUT2D eigenvalue weighted by molar-refractivity contribution is 7.71. The number of amides is 2. The molecule has 0 saturated carbocycles. The van der Waals surface area contributed by atoms with Gasteiger partial charge in [0.2, 0.25) is 11.8 Å². The van der Waals surface area contributed by atoms with Crippen molar-refractivity contribution < 1.29 is 36.5 Å². The first kappa shape index (κ1) is 75.3. The number of aromatic amines is 4. The van der Waals surface area contributed by atoms with E-state index < -0.39 is 17.6 Å². The molecule has 4 aromatic heterocycles. The lowest BCUT2D eigenvalue weighted by Crippen LogP contribution is -2.27. The number of allylic oxidation sites excluding steroid dienone is 2. The molecule has 27 heteroatoms. The molecular weight excluding hydrogens is 1120 g/mol. The van der Waals surface area contributed by atoms with E-state index in [1.165, 1.54) is 17.0 Å². The number of imidazole rings is 2. The number of aliphatic imine (C=N–C) groups is 4. The van der Waals surface area contributed by atoms with Gasteiger partial charge in [-0.3, -0.25) is 34.1 Å². The smallest absolute Gasteiger partial charge is 0.438 e. The number of H-pyrrole nitrogens is 4. The molecule has 0 aliphatic carbocycles. The van der Waals surface area contributed by atoms with Gasteiger partial charge in [-0.1, -0.05) is 136 Å². The highest BCUT2D eigenvalue weighted by atomic mass is 32.1. The molecule has 9 rings (SSSR count). The van der Waals surface area contributed by atoms with Gasteiger partial charge in [0.1, 0.15) is 66.3 Å². The fourth-order valence-electron chi connectivity index (χ4n) is 6.23. The fourth-order valence-corrected chi connectivity index (χ4v) is 6.37. The second-order valence-electron chi connectivity index (χ2n) is 22.3. The van der Waals surface area contributed by atoms with Crippen molar-refractivity contribution in [3.63, 3.8) is 0 Å². The standard InChI is InChI=1S/C9H13N.C7H9F3N2.C7H9N3.C7H13NO.2C6H10N2O.C6H10N2.C5H8N2O2.C5H8N2OS/c1-7(2)9-6-8(3)4-5-10-9;1-4(2)6-11-3-5(12-6)7(8,9)10;1-5(2)7-9-4-6(3-8)10-7;1-5(2)7-8-6(3)4-9-7;2*1-4(2)6-7-3-5(9)8-6;1-5(2)6-3-4-7-8-6;1-3(2)4-6-5(8)9-7-4;1-3(2)4-6-5(9)8-7-4/h4-5,7H,3,6H2,1-2H3;3-4H,1-2H3,(H,11,12);4-5H,1-2H3,(H,9,10);5-6H,4H2,1-3H3;2*4H,3H2,1-2H3,(H,7,8,9);4-5H,3H2,1-2H3;3H,1-2H3,(H,6,7,8);3H,1-2H3,(H,6,7,9). The number of carbonyl (C=O) groups excluding carboxylic acids is 2. The number of rotatable bonds is 9. The van der Waals surface area contributed by atoms with Crippen molar-refractivity contribution in [2.45, 2.75) is 180 Å². The van der Waals surface area contributed by atoms with Crippen LogP contribution in [0.4, 0.5) is 13.2 Å². The predicted molar refractivity (Wildman–Crippen MR) is 331 cm³/mol. The van der Waals surface area contributed by atoms with Gasteiger partial charge in [-0.25, -0.2) is 24.9 Å². The predicted octanol–water partition coefficient (Wildman–Crippen LogP) is 12.1. The Morgan fingerprint density at radius 1 is 0.694 bits per heavy atom. The molecule has 0 fully saturated rings. The number of ether oxygens (including phenoxy) is 1. The van der Waals surface area contributed by atoms with E-state index in [9.17, 15) is 27.6 Å². The molecule has 0 spiro atoms. The van der Waals surface area contributed by atoms with Crippen LogP contribution in [0, 0.1) is 45.8 Å². The van der Waals surface area contributed by atoms with E-state index in [1.54, 1.807) is 20.0 Å². The SMILES string of the molecule is C=C1C=CN=C(C(C)C)C1.CC(C)C1=NCC(=O)N1.CC(C)C1=NCC(=O)N1.CC(C)C1=NN=CC1.CC(C)c1nc(=S)o[nH]1.CC(C)c1ncc(C#N)[nH]1.CC(C)c1ncc(C(F)(F)F)[nH]1.CC(C)c1noc(=O)[nH]1.CC1COC(C(C)C)=N1. The Kier molecular flexibility index (Phi) is 33.9. The Morgan fingerprint density at radius 3 is 1.46 bits per heavy atom. The summed E-state index contributed by atoms with van der Waals surface area (Å²) in [7, 11) is 0. The maximum absolute atomic E-state index is 12.0. The first-order valence-corrected chi connectivity index (χ1v) is 28.6. The largest absolute Gasteiger partial charge is 0.479 e. The molecule has 2 amide bonds. The number of halogens is 3. The van der Waals surface area contributed by atoms with E-state index in [2.05, 4.69) is 153 Å². The third-order valence-corrected chi connectivity index (χ3v) is 11.5. The minimum atomic E-state index is -4.32. The van der Waals surface area contributed by atoms with Crippen LogP contribution in [0.5, 0.6) is 0 Å². The third kappa shape index (κ3) is 31.1. The van der Waals surface area contributed by atoms with Crippen molar-refractivity contribution in [2.75, 3.05) is 19.7 Å². The summed E-state index contributed by atoms with van der Waals surface area (Å²) >= 11 is 4.64. The molecule has 6 N–H and O–H groups in total. The monoisotopic (exact) mass is 1210 g/mol. The highest BCUT2D eigenvalue weighted by Gasteiger charge is 2.33. The van der Waals surface area contributed by atoms with E-state index in [-0.39, 0.29) is 28.5 Å². The molecule has 0 aromatic carbocycles. The summed E-state index contributed by atoms with van der Waals surface area (Å²) in [5, 5.41) is 27.5. The zero-order chi connectivity index (χ0) is 64.7. The van der Waals surface area contributed by atoms with Crippen LogP contribution in [-0.2, 0) is 20.5 Å². The van der Waals surface area contributed by atoms with Gasteiger partial charge in [0.05, 0.1) is 18.4 Å². The van der Waals surface area contributed by atoms with Crippen LogP contribution in [0.15, 0.2) is 80.8 Å². The van der Waals surface area contributed by atoms with Crippen molar-refractivity contribution in [1.29, 1.82) is 5.26 Å². The lowest BCUT2D eigenvalue weighted by molar-refractivity contribution is -0.141. The molecule has 85 heavy (non-hydrogen) atoms. The van der Waals surface area contributed by atoms with Gasteiger partial charge in [0, 0.05) is 78.1 Å². The number of hydrogen-bond acceptors (Lipinski definition) is 18. The van der Waals surface area contributed by atoms with Crippen molar-refractivity contribution in [2.24, 2.45) is 59.8 Å². The van der Waals surface area contributed by atoms with Crippen LogP contribution < -0.4 is 16.4 Å². The molecule has 470 valence electrons. The summed E-state index contributed by atoms with van der Waals surface area (Å²) in [6.07, 6.45) is 5.60. The van der Waals surface area contributed by atoms with Gasteiger partial charge in [-0.05, 0) is 42.6 Å². The van der Waals surface area contributed by atoms with E-state index in [1.807, 2.05) is 93.8 Å². The summed E-state index contributed by atoms with van der Waals surface area (Å²) in [4.78, 5) is 67.2. The summed E-state index contributed by atoms with van der Waals surface area (Å²) in [5.41, 5.74) is 3.35. The van der Waals surface area contributed by atoms with Crippen LogP contribution in [0.3, 0.4) is 0 Å². The molecule has 1 atom stereocenters. The number of nitrogens with one attached hydrogen (secondary N) is 6. The fraction of sp³-hybridized carbons (Fsp3) is 0.603. The molecule has 0 saturated heterocycles. The van der Waals surface area contributed by atoms with Gasteiger partial charge >= 0.3 is 16.8 Å². The molecule has 5 aliphatic heterocycles. The number of aromatic nitrogens is 8.